The summed E-state index contributed by atoms with van der Waals surface area (Å²) in [5, 5.41) is 0. The minimum atomic E-state index is -0.250. The smallest absolute Gasteiger partial charge is 0.152 e. The number of hydrogen-bond acceptors (Lipinski definition) is 3. The van der Waals surface area contributed by atoms with Crippen LogP contribution in [0.15, 0.2) is 30.3 Å². The van der Waals surface area contributed by atoms with Gasteiger partial charge in [-0.15, -0.1) is 0 Å². The molecule has 0 aromatic heterocycles. The summed E-state index contributed by atoms with van der Waals surface area (Å²) < 4.78 is 14.1. The molecule has 0 spiro atoms. The van der Waals surface area contributed by atoms with Gasteiger partial charge in [-0.3, -0.25) is 0 Å². The quantitative estimate of drug-likeness (QED) is 0.660. The first kappa shape index (κ1) is 11.5. The van der Waals surface area contributed by atoms with E-state index in [2.05, 4.69) is 38.1 Å². The lowest BCUT2D eigenvalue weighted by molar-refractivity contribution is 0.541. The Labute approximate surface area is 77.7 Å². The van der Waals surface area contributed by atoms with Gasteiger partial charge in [0.1, 0.15) is 0 Å². The standard InChI is InChI=1S/C9H12.H2O2S/c1-8(2)9-6-4-3-5-7-9;1-3-2/h3-8H,1-2H3;1-2H. The normalized spacial score (nSPS) is 9.08. The van der Waals surface area contributed by atoms with E-state index in [4.69, 9.17) is 9.11 Å². The van der Waals surface area contributed by atoms with Gasteiger partial charge < -0.3 is 9.11 Å². The van der Waals surface area contributed by atoms with Gasteiger partial charge in [-0.25, -0.2) is 0 Å². The predicted molar refractivity (Wildman–Crippen MR) is 53.4 cm³/mol. The minimum Gasteiger partial charge on any atom is -0.307 e. The van der Waals surface area contributed by atoms with Crippen molar-refractivity contribution >= 4 is 12.3 Å². The number of rotatable bonds is 1. The Bertz CT molecular complexity index is 187. The molecule has 0 amide bonds. The third kappa shape index (κ3) is 5.18. The summed E-state index contributed by atoms with van der Waals surface area (Å²) in [4.78, 5) is 0. The molecule has 0 aliphatic rings. The van der Waals surface area contributed by atoms with Crippen LogP contribution < -0.4 is 0 Å². The Balaban J connectivity index is 0.000000354. The first-order chi connectivity index (χ1) is 5.72. The molecule has 0 aliphatic heterocycles. The summed E-state index contributed by atoms with van der Waals surface area (Å²) in [6.07, 6.45) is 0. The van der Waals surface area contributed by atoms with E-state index < -0.39 is 0 Å². The van der Waals surface area contributed by atoms with Crippen LogP contribution in [0.25, 0.3) is 0 Å². The fraction of sp³-hybridized carbons (Fsp3) is 0.333. The Morgan fingerprint density at radius 3 is 1.75 bits per heavy atom. The molecule has 0 unspecified atom stereocenters. The van der Waals surface area contributed by atoms with E-state index in [0.717, 1.165) is 0 Å². The van der Waals surface area contributed by atoms with Gasteiger partial charge in [-0.1, -0.05) is 44.2 Å². The van der Waals surface area contributed by atoms with Gasteiger partial charge in [0.2, 0.25) is 0 Å². The molecule has 0 bridgehead atoms. The van der Waals surface area contributed by atoms with Crippen LogP contribution in [0.3, 0.4) is 0 Å². The zero-order valence-corrected chi connectivity index (χ0v) is 8.08. The van der Waals surface area contributed by atoms with E-state index in [1.54, 1.807) is 0 Å². The molecule has 2 nitrogen and oxygen atoms in total. The van der Waals surface area contributed by atoms with Crippen molar-refractivity contribution in [3.05, 3.63) is 35.9 Å². The topological polar surface area (TPSA) is 40.5 Å². The monoisotopic (exact) mass is 186 g/mol. The van der Waals surface area contributed by atoms with Crippen molar-refractivity contribution < 1.29 is 9.11 Å². The highest BCUT2D eigenvalue weighted by atomic mass is 32.2. The molecule has 0 saturated heterocycles. The van der Waals surface area contributed by atoms with Crippen molar-refractivity contribution in [2.75, 3.05) is 0 Å². The largest absolute Gasteiger partial charge is 0.307 e. The fourth-order valence-electron chi connectivity index (χ4n) is 0.838. The van der Waals surface area contributed by atoms with E-state index in [1.165, 1.54) is 5.56 Å². The van der Waals surface area contributed by atoms with Crippen molar-refractivity contribution in [3.63, 3.8) is 0 Å². The molecule has 1 aromatic carbocycles. The second kappa shape index (κ2) is 7.16. The van der Waals surface area contributed by atoms with Crippen LogP contribution >= 0.6 is 12.3 Å². The molecule has 0 atom stereocenters. The zero-order valence-electron chi connectivity index (χ0n) is 7.27. The molecule has 0 aliphatic carbocycles. The van der Waals surface area contributed by atoms with Gasteiger partial charge in [-0.2, -0.15) is 0 Å². The van der Waals surface area contributed by atoms with E-state index in [0.29, 0.717) is 5.92 Å². The maximum absolute atomic E-state index is 7.04. The third-order valence-corrected chi connectivity index (χ3v) is 1.47. The lowest BCUT2D eigenvalue weighted by Gasteiger charge is -2.01. The molecule has 0 fully saturated rings. The fourth-order valence-corrected chi connectivity index (χ4v) is 0.838. The van der Waals surface area contributed by atoms with Gasteiger partial charge in [0.15, 0.2) is 12.3 Å². The van der Waals surface area contributed by atoms with Crippen LogP contribution in [-0.4, -0.2) is 9.11 Å². The molecule has 0 saturated carbocycles. The highest BCUT2D eigenvalue weighted by molar-refractivity contribution is 7.87. The zero-order chi connectivity index (χ0) is 9.40. The summed E-state index contributed by atoms with van der Waals surface area (Å²) in [6, 6.07) is 10.5. The minimum absolute atomic E-state index is 0.250. The molecular formula is C9H14O2S. The number of benzene rings is 1. The van der Waals surface area contributed by atoms with E-state index in [-0.39, 0.29) is 12.3 Å². The Morgan fingerprint density at radius 2 is 1.50 bits per heavy atom. The molecular weight excluding hydrogens is 172 g/mol. The van der Waals surface area contributed by atoms with Crippen LogP contribution in [-0.2, 0) is 0 Å². The average molecular weight is 186 g/mol. The maximum Gasteiger partial charge on any atom is 0.152 e. The highest BCUT2D eigenvalue weighted by Gasteiger charge is 1.93. The SMILES string of the molecule is CC(C)c1ccccc1.OSO. The van der Waals surface area contributed by atoms with E-state index in [1.807, 2.05) is 6.07 Å². The molecule has 3 heteroatoms. The Kier molecular flexibility index (Phi) is 6.85. The van der Waals surface area contributed by atoms with Crippen LogP contribution in [0.4, 0.5) is 0 Å². The van der Waals surface area contributed by atoms with E-state index >= 15 is 0 Å². The lowest BCUT2D eigenvalue weighted by atomic mass is 10.0. The summed E-state index contributed by atoms with van der Waals surface area (Å²) >= 11 is -0.250. The summed E-state index contributed by atoms with van der Waals surface area (Å²) in [7, 11) is 0. The van der Waals surface area contributed by atoms with Crippen LogP contribution in [0.1, 0.15) is 25.3 Å². The van der Waals surface area contributed by atoms with Gasteiger partial charge in [-0.05, 0) is 11.5 Å². The molecule has 1 aromatic rings. The summed E-state index contributed by atoms with van der Waals surface area (Å²) in [5.41, 5.74) is 1.41. The first-order valence-electron chi connectivity index (χ1n) is 3.72. The van der Waals surface area contributed by atoms with Crippen molar-refractivity contribution in [3.8, 4) is 0 Å². The molecule has 12 heavy (non-hydrogen) atoms. The Hall–Kier alpha value is -0.510. The predicted octanol–water partition coefficient (Wildman–Crippen LogP) is 3.48. The van der Waals surface area contributed by atoms with Crippen molar-refractivity contribution in [2.24, 2.45) is 0 Å². The van der Waals surface area contributed by atoms with E-state index in [9.17, 15) is 0 Å². The lowest BCUT2D eigenvalue weighted by Crippen LogP contribution is -1.83. The van der Waals surface area contributed by atoms with Crippen molar-refractivity contribution in [2.45, 2.75) is 19.8 Å². The van der Waals surface area contributed by atoms with Gasteiger partial charge in [0, 0.05) is 0 Å². The average Bonchev–Trinajstić information content (AvgIpc) is 2.07. The van der Waals surface area contributed by atoms with Crippen LogP contribution in [0.5, 0.6) is 0 Å². The van der Waals surface area contributed by atoms with Gasteiger partial charge >= 0.3 is 0 Å². The van der Waals surface area contributed by atoms with Gasteiger partial charge in [0.05, 0.1) is 0 Å². The summed E-state index contributed by atoms with van der Waals surface area (Å²) in [6.45, 7) is 4.41. The number of hydrogen-bond donors (Lipinski definition) is 2. The highest BCUT2D eigenvalue weighted by Crippen LogP contribution is 2.11. The molecule has 68 valence electrons. The van der Waals surface area contributed by atoms with Gasteiger partial charge in [0.25, 0.3) is 0 Å². The second-order valence-electron chi connectivity index (χ2n) is 2.65. The maximum atomic E-state index is 7.04. The van der Waals surface area contributed by atoms with Crippen molar-refractivity contribution in [1.29, 1.82) is 0 Å². The molecule has 0 heterocycles. The molecule has 2 N–H and O–H groups in total. The van der Waals surface area contributed by atoms with Crippen LogP contribution in [0.2, 0.25) is 0 Å². The van der Waals surface area contributed by atoms with Crippen molar-refractivity contribution in [1.82, 2.24) is 0 Å². The summed E-state index contributed by atoms with van der Waals surface area (Å²) in [5.74, 6) is 0.659. The first-order valence-corrected chi connectivity index (χ1v) is 4.45. The van der Waals surface area contributed by atoms with Crippen LogP contribution in [0, 0.1) is 0 Å². The molecule has 1 rings (SSSR count). The third-order valence-electron chi connectivity index (χ3n) is 1.47. The molecule has 0 radical (unpaired) electrons. The second-order valence-corrected chi connectivity index (χ2v) is 2.81. The Morgan fingerprint density at radius 1 is 1.08 bits per heavy atom.